The van der Waals surface area contributed by atoms with Crippen molar-refractivity contribution in [1.82, 2.24) is 0 Å². The molecule has 0 unspecified atom stereocenters. The maximum absolute atomic E-state index is 5.59. The van der Waals surface area contributed by atoms with Crippen molar-refractivity contribution in [2.24, 2.45) is 0 Å². The van der Waals surface area contributed by atoms with Crippen molar-refractivity contribution in [2.45, 2.75) is 13.8 Å². The molecule has 0 aliphatic heterocycles. The van der Waals surface area contributed by atoms with E-state index in [4.69, 9.17) is 9.47 Å². The maximum atomic E-state index is 5.59. The highest BCUT2D eigenvalue weighted by Gasteiger charge is 2.03. The Balaban J connectivity index is 1.96. The number of halogens is 2. The molecule has 0 saturated heterocycles. The number of hydrogen-bond donors (Lipinski definition) is 0. The Morgan fingerprint density at radius 3 is 1.58 bits per heavy atom. The minimum atomic E-state index is 0.170. The Kier molecular flexibility index (Phi) is 4.88. The Labute approximate surface area is 130 Å². The molecule has 0 amide bonds. The normalized spacial score (nSPS) is 10.3. The van der Waals surface area contributed by atoms with Gasteiger partial charge < -0.3 is 9.47 Å². The Morgan fingerprint density at radius 1 is 0.789 bits per heavy atom. The van der Waals surface area contributed by atoms with Crippen molar-refractivity contribution in [1.29, 1.82) is 0 Å². The van der Waals surface area contributed by atoms with Gasteiger partial charge in [0.25, 0.3) is 0 Å². The first-order valence-corrected chi connectivity index (χ1v) is 7.43. The van der Waals surface area contributed by atoms with Crippen LogP contribution < -0.4 is 9.47 Å². The minimum Gasteiger partial charge on any atom is -0.456 e. The molecule has 19 heavy (non-hydrogen) atoms. The molecule has 4 heteroatoms. The highest BCUT2D eigenvalue weighted by molar-refractivity contribution is 9.10. The summed E-state index contributed by atoms with van der Waals surface area (Å²) in [5.41, 5.74) is 2.36. The smallest absolute Gasteiger partial charge is 0.231 e. The van der Waals surface area contributed by atoms with E-state index in [0.29, 0.717) is 0 Å². The third-order valence-corrected chi connectivity index (χ3v) is 3.84. The van der Waals surface area contributed by atoms with Gasteiger partial charge in [0, 0.05) is 0 Å². The quantitative estimate of drug-likeness (QED) is 0.669. The van der Waals surface area contributed by atoms with Crippen molar-refractivity contribution in [3.05, 3.63) is 56.5 Å². The molecule has 0 heterocycles. The fraction of sp³-hybridized carbons (Fsp3) is 0.200. The molecule has 0 N–H and O–H groups in total. The van der Waals surface area contributed by atoms with Gasteiger partial charge in [0.2, 0.25) is 6.79 Å². The van der Waals surface area contributed by atoms with Gasteiger partial charge in [-0.2, -0.15) is 0 Å². The van der Waals surface area contributed by atoms with Gasteiger partial charge in [0.1, 0.15) is 11.5 Å². The zero-order valence-electron chi connectivity index (χ0n) is 10.7. The van der Waals surface area contributed by atoms with E-state index in [1.165, 1.54) is 11.1 Å². The number of ether oxygens (including phenoxy) is 2. The summed E-state index contributed by atoms with van der Waals surface area (Å²) in [5, 5.41) is 0. The van der Waals surface area contributed by atoms with Crippen LogP contribution in [0.3, 0.4) is 0 Å². The first-order chi connectivity index (χ1) is 9.06. The molecule has 0 aliphatic rings. The molecule has 2 aromatic rings. The number of rotatable bonds is 4. The van der Waals surface area contributed by atoms with E-state index in [1.807, 2.05) is 50.2 Å². The van der Waals surface area contributed by atoms with Gasteiger partial charge >= 0.3 is 0 Å². The predicted molar refractivity (Wildman–Crippen MR) is 83.9 cm³/mol. The molecule has 2 rings (SSSR count). The first-order valence-electron chi connectivity index (χ1n) is 5.84. The summed E-state index contributed by atoms with van der Waals surface area (Å²) in [5.74, 6) is 1.54. The molecule has 0 aromatic heterocycles. The molecule has 0 fully saturated rings. The maximum Gasteiger partial charge on any atom is 0.231 e. The molecule has 2 aromatic carbocycles. The van der Waals surface area contributed by atoms with E-state index in [1.54, 1.807) is 0 Å². The first kappa shape index (κ1) is 14.4. The second kappa shape index (κ2) is 6.44. The third-order valence-electron chi connectivity index (χ3n) is 2.60. The van der Waals surface area contributed by atoms with Crippen LogP contribution in [0.4, 0.5) is 0 Å². The molecule has 0 spiro atoms. The van der Waals surface area contributed by atoms with Crippen molar-refractivity contribution in [2.75, 3.05) is 6.79 Å². The highest BCUT2D eigenvalue weighted by atomic mass is 79.9. The highest BCUT2D eigenvalue weighted by Crippen LogP contribution is 2.28. The van der Waals surface area contributed by atoms with Gasteiger partial charge in [0.05, 0.1) is 8.95 Å². The van der Waals surface area contributed by atoms with E-state index >= 15 is 0 Å². The third kappa shape index (κ3) is 3.98. The van der Waals surface area contributed by atoms with Gasteiger partial charge in [-0.15, -0.1) is 0 Å². The minimum absolute atomic E-state index is 0.170. The van der Waals surface area contributed by atoms with Crippen LogP contribution in [0.15, 0.2) is 45.3 Å². The van der Waals surface area contributed by atoms with E-state index < -0.39 is 0 Å². The predicted octanol–water partition coefficient (Wildman–Crippen LogP) is 5.24. The van der Waals surface area contributed by atoms with Gasteiger partial charge in [-0.1, -0.05) is 12.1 Å². The molecule has 0 atom stereocenters. The van der Waals surface area contributed by atoms with Crippen molar-refractivity contribution >= 4 is 31.9 Å². The summed E-state index contributed by atoms with van der Waals surface area (Å²) in [6.45, 7) is 4.24. The summed E-state index contributed by atoms with van der Waals surface area (Å²) in [4.78, 5) is 0. The van der Waals surface area contributed by atoms with Crippen LogP contribution >= 0.6 is 31.9 Å². The summed E-state index contributed by atoms with van der Waals surface area (Å²) < 4.78 is 13.0. The summed E-state index contributed by atoms with van der Waals surface area (Å²) in [6.07, 6.45) is 0. The Hall–Kier alpha value is -1.000. The number of hydrogen-bond acceptors (Lipinski definition) is 2. The van der Waals surface area contributed by atoms with Crippen LogP contribution in [-0.2, 0) is 0 Å². The lowest BCUT2D eigenvalue weighted by Gasteiger charge is -2.11. The van der Waals surface area contributed by atoms with Crippen LogP contribution in [0.25, 0.3) is 0 Å². The van der Waals surface area contributed by atoms with Crippen molar-refractivity contribution in [3.8, 4) is 11.5 Å². The van der Waals surface area contributed by atoms with Gasteiger partial charge in [-0.05, 0) is 81.1 Å². The average Bonchev–Trinajstić information content (AvgIpc) is 2.34. The lowest BCUT2D eigenvalue weighted by atomic mass is 10.2. The molecule has 0 bridgehead atoms. The Bertz CT molecular complexity index is 531. The van der Waals surface area contributed by atoms with Gasteiger partial charge in [-0.25, -0.2) is 0 Å². The largest absolute Gasteiger partial charge is 0.456 e. The van der Waals surface area contributed by atoms with E-state index in [2.05, 4.69) is 31.9 Å². The molecule has 0 aliphatic carbocycles. The van der Waals surface area contributed by atoms with Gasteiger partial charge in [-0.3, -0.25) is 0 Å². The van der Waals surface area contributed by atoms with Crippen LogP contribution in [0.2, 0.25) is 0 Å². The monoisotopic (exact) mass is 384 g/mol. The fourth-order valence-corrected chi connectivity index (χ4v) is 2.82. The van der Waals surface area contributed by atoms with E-state index in [9.17, 15) is 0 Å². The molecular weight excluding hydrogens is 372 g/mol. The molecular formula is C15H14Br2O2. The van der Waals surface area contributed by atoms with Gasteiger partial charge in [0.15, 0.2) is 0 Å². The van der Waals surface area contributed by atoms with Crippen LogP contribution in [-0.4, -0.2) is 6.79 Å². The number of benzene rings is 2. The van der Waals surface area contributed by atoms with Crippen LogP contribution in [0.1, 0.15) is 11.1 Å². The second-order valence-corrected chi connectivity index (χ2v) is 5.98. The second-order valence-electron chi connectivity index (χ2n) is 4.27. The van der Waals surface area contributed by atoms with E-state index in [-0.39, 0.29) is 6.79 Å². The summed E-state index contributed by atoms with van der Waals surface area (Å²) in [7, 11) is 0. The van der Waals surface area contributed by atoms with E-state index in [0.717, 1.165) is 20.4 Å². The van der Waals surface area contributed by atoms with Crippen LogP contribution in [0.5, 0.6) is 11.5 Å². The Morgan fingerprint density at radius 2 is 1.21 bits per heavy atom. The van der Waals surface area contributed by atoms with Crippen molar-refractivity contribution < 1.29 is 9.47 Å². The molecule has 100 valence electrons. The number of aryl methyl sites for hydroxylation is 2. The molecule has 0 radical (unpaired) electrons. The SMILES string of the molecule is Cc1ccc(OCOc2ccc(C)cc2Br)c(Br)c1. The zero-order valence-corrected chi connectivity index (χ0v) is 13.9. The summed E-state index contributed by atoms with van der Waals surface area (Å²) in [6, 6.07) is 11.9. The van der Waals surface area contributed by atoms with Crippen molar-refractivity contribution in [3.63, 3.8) is 0 Å². The lowest BCUT2D eigenvalue weighted by Crippen LogP contribution is -2.06. The summed E-state index contributed by atoms with van der Waals surface area (Å²) >= 11 is 6.94. The average molecular weight is 386 g/mol. The standard InChI is InChI=1S/C15H14Br2O2/c1-10-3-5-14(12(16)7-10)18-9-19-15-6-4-11(2)8-13(15)17/h3-8H,9H2,1-2H3. The van der Waals surface area contributed by atoms with Crippen LogP contribution in [0, 0.1) is 13.8 Å². The molecule has 0 saturated carbocycles. The topological polar surface area (TPSA) is 18.5 Å². The zero-order chi connectivity index (χ0) is 13.8. The molecule has 2 nitrogen and oxygen atoms in total. The fourth-order valence-electron chi connectivity index (χ4n) is 1.60. The lowest BCUT2D eigenvalue weighted by molar-refractivity contribution is 0.118.